The van der Waals surface area contributed by atoms with Crippen LogP contribution in [0.15, 0.2) is 24.3 Å². The maximum Gasteiger partial charge on any atom is 0.165 e. The van der Waals surface area contributed by atoms with Gasteiger partial charge < -0.3 is 4.89 Å². The fraction of sp³-hybridized carbons (Fsp3) is 0.400. The monoisotopic (exact) mass is 166 g/mol. The van der Waals surface area contributed by atoms with E-state index in [1.165, 1.54) is 12.7 Å². The van der Waals surface area contributed by atoms with E-state index < -0.39 is 0 Å². The van der Waals surface area contributed by atoms with Gasteiger partial charge in [0.2, 0.25) is 0 Å². The van der Waals surface area contributed by atoms with Crippen molar-refractivity contribution in [1.29, 1.82) is 0 Å². The number of hydrogen-bond acceptors (Lipinski definition) is 2. The Hall–Kier alpha value is -1.02. The van der Waals surface area contributed by atoms with Crippen molar-refractivity contribution < 1.29 is 9.78 Å². The molecule has 66 valence electrons. The van der Waals surface area contributed by atoms with Crippen molar-refractivity contribution in [3.63, 3.8) is 0 Å². The van der Waals surface area contributed by atoms with Crippen molar-refractivity contribution in [2.45, 2.75) is 19.8 Å². The molecular formula is C10H14O2. The molecule has 0 aliphatic carbocycles. The first-order chi connectivity index (χ1) is 5.86. The lowest BCUT2D eigenvalue weighted by Crippen LogP contribution is -1.91. The van der Waals surface area contributed by atoms with Crippen molar-refractivity contribution in [2.24, 2.45) is 0 Å². The highest BCUT2D eigenvalue weighted by atomic mass is 17.2. The summed E-state index contributed by atoms with van der Waals surface area (Å²) < 4.78 is 0. The molecule has 0 radical (unpaired) electrons. The van der Waals surface area contributed by atoms with Gasteiger partial charge in [0.1, 0.15) is 0 Å². The number of aryl methyl sites for hydroxylation is 1. The van der Waals surface area contributed by atoms with E-state index in [9.17, 15) is 0 Å². The molecule has 0 aromatic heterocycles. The summed E-state index contributed by atoms with van der Waals surface area (Å²) in [7, 11) is 1.51. The van der Waals surface area contributed by atoms with Crippen LogP contribution in [-0.2, 0) is 11.3 Å². The van der Waals surface area contributed by atoms with Crippen molar-refractivity contribution in [3.8, 4) is 5.75 Å². The molecule has 1 aromatic carbocycles. The zero-order valence-electron chi connectivity index (χ0n) is 7.54. The van der Waals surface area contributed by atoms with Crippen LogP contribution in [0, 0.1) is 0 Å². The average Bonchev–Trinajstić information content (AvgIpc) is 2.06. The Labute approximate surface area is 73.0 Å². The Morgan fingerprint density at radius 1 is 1.33 bits per heavy atom. The van der Waals surface area contributed by atoms with Gasteiger partial charge in [-0.1, -0.05) is 25.5 Å². The van der Waals surface area contributed by atoms with Gasteiger partial charge in [-0.2, -0.15) is 4.89 Å². The Morgan fingerprint density at radius 3 is 2.83 bits per heavy atom. The molecule has 0 saturated carbocycles. The summed E-state index contributed by atoms with van der Waals surface area (Å²) in [5.41, 5.74) is 1.28. The van der Waals surface area contributed by atoms with Gasteiger partial charge in [-0.15, -0.1) is 0 Å². The summed E-state index contributed by atoms with van der Waals surface area (Å²) in [6.45, 7) is 2.16. The van der Waals surface area contributed by atoms with Gasteiger partial charge in [0.25, 0.3) is 0 Å². The minimum absolute atomic E-state index is 0.767. The molecule has 12 heavy (non-hydrogen) atoms. The van der Waals surface area contributed by atoms with E-state index in [0.29, 0.717) is 0 Å². The minimum atomic E-state index is 0.767. The second-order valence-corrected chi connectivity index (χ2v) is 2.65. The highest BCUT2D eigenvalue weighted by molar-refractivity contribution is 5.28. The second-order valence-electron chi connectivity index (χ2n) is 2.65. The van der Waals surface area contributed by atoms with Crippen LogP contribution in [0.3, 0.4) is 0 Å². The zero-order valence-corrected chi connectivity index (χ0v) is 7.54. The van der Waals surface area contributed by atoms with E-state index in [2.05, 4.69) is 17.9 Å². The molecule has 2 nitrogen and oxygen atoms in total. The van der Waals surface area contributed by atoms with E-state index in [1.807, 2.05) is 18.2 Å². The van der Waals surface area contributed by atoms with Crippen LogP contribution >= 0.6 is 0 Å². The maximum absolute atomic E-state index is 4.89. The van der Waals surface area contributed by atoms with Gasteiger partial charge in [0, 0.05) is 0 Å². The van der Waals surface area contributed by atoms with Crippen LogP contribution in [0.4, 0.5) is 0 Å². The SMILES string of the molecule is CCCc1cccc(OOC)c1. The highest BCUT2D eigenvalue weighted by Crippen LogP contribution is 2.14. The number of rotatable bonds is 4. The van der Waals surface area contributed by atoms with Crippen LogP contribution in [0.5, 0.6) is 5.75 Å². The predicted molar refractivity (Wildman–Crippen MR) is 48.1 cm³/mol. The van der Waals surface area contributed by atoms with Gasteiger partial charge in [-0.25, -0.2) is 0 Å². The third-order valence-corrected chi connectivity index (χ3v) is 1.62. The van der Waals surface area contributed by atoms with E-state index in [1.54, 1.807) is 0 Å². The zero-order chi connectivity index (χ0) is 8.81. The van der Waals surface area contributed by atoms with Crippen molar-refractivity contribution >= 4 is 0 Å². The molecule has 0 atom stereocenters. The van der Waals surface area contributed by atoms with E-state index >= 15 is 0 Å². The summed E-state index contributed by atoms with van der Waals surface area (Å²) in [4.78, 5) is 9.45. The maximum atomic E-state index is 4.89. The fourth-order valence-corrected chi connectivity index (χ4v) is 1.14. The third kappa shape index (κ3) is 2.55. The van der Waals surface area contributed by atoms with Crippen LogP contribution in [-0.4, -0.2) is 7.11 Å². The number of benzene rings is 1. The van der Waals surface area contributed by atoms with Gasteiger partial charge in [-0.05, 0) is 24.1 Å². The first-order valence-corrected chi connectivity index (χ1v) is 4.16. The molecule has 0 N–H and O–H groups in total. The molecule has 2 heteroatoms. The quantitative estimate of drug-likeness (QED) is 0.505. The smallest absolute Gasteiger partial charge is 0.165 e. The summed E-state index contributed by atoms with van der Waals surface area (Å²) >= 11 is 0. The van der Waals surface area contributed by atoms with E-state index in [0.717, 1.165) is 18.6 Å². The fourth-order valence-electron chi connectivity index (χ4n) is 1.14. The molecule has 0 saturated heterocycles. The Bertz CT molecular complexity index is 212. The van der Waals surface area contributed by atoms with Crippen LogP contribution < -0.4 is 4.89 Å². The van der Waals surface area contributed by atoms with Crippen molar-refractivity contribution in [3.05, 3.63) is 29.8 Å². The summed E-state index contributed by atoms with van der Waals surface area (Å²) in [6.07, 6.45) is 2.23. The van der Waals surface area contributed by atoms with Gasteiger partial charge in [0.15, 0.2) is 5.75 Å². The van der Waals surface area contributed by atoms with Gasteiger partial charge >= 0.3 is 0 Å². The third-order valence-electron chi connectivity index (χ3n) is 1.62. The molecule has 0 spiro atoms. The van der Waals surface area contributed by atoms with Crippen LogP contribution in [0.2, 0.25) is 0 Å². The number of hydrogen-bond donors (Lipinski definition) is 0. The topological polar surface area (TPSA) is 18.5 Å². The molecule has 1 rings (SSSR count). The first-order valence-electron chi connectivity index (χ1n) is 4.16. The Balaban J connectivity index is 2.67. The predicted octanol–water partition coefficient (Wildman–Crippen LogP) is 2.58. The van der Waals surface area contributed by atoms with Crippen LogP contribution in [0.25, 0.3) is 0 Å². The van der Waals surface area contributed by atoms with E-state index in [4.69, 9.17) is 4.89 Å². The summed E-state index contributed by atoms with van der Waals surface area (Å²) in [6, 6.07) is 7.93. The lowest BCUT2D eigenvalue weighted by Gasteiger charge is -2.02. The average molecular weight is 166 g/mol. The molecule has 0 heterocycles. The minimum Gasteiger partial charge on any atom is -0.338 e. The lowest BCUT2D eigenvalue weighted by molar-refractivity contribution is -0.178. The molecule has 0 amide bonds. The second kappa shape index (κ2) is 4.78. The van der Waals surface area contributed by atoms with Crippen molar-refractivity contribution in [2.75, 3.05) is 7.11 Å². The lowest BCUT2D eigenvalue weighted by atomic mass is 10.1. The normalized spacial score (nSPS) is 9.83. The summed E-state index contributed by atoms with van der Waals surface area (Å²) in [5, 5.41) is 0. The largest absolute Gasteiger partial charge is 0.338 e. The molecule has 0 aliphatic heterocycles. The molecule has 0 fully saturated rings. The van der Waals surface area contributed by atoms with Crippen molar-refractivity contribution in [1.82, 2.24) is 0 Å². The van der Waals surface area contributed by atoms with Crippen LogP contribution in [0.1, 0.15) is 18.9 Å². The molecule has 1 aromatic rings. The van der Waals surface area contributed by atoms with Gasteiger partial charge in [-0.3, -0.25) is 0 Å². The molecule has 0 unspecified atom stereocenters. The van der Waals surface area contributed by atoms with Gasteiger partial charge in [0.05, 0.1) is 7.11 Å². The molecular weight excluding hydrogens is 152 g/mol. The Kier molecular flexibility index (Phi) is 3.61. The molecule has 0 bridgehead atoms. The first kappa shape index (κ1) is 9.07. The molecule has 0 aliphatic rings. The standard InChI is InChI=1S/C10H14O2/c1-3-5-9-6-4-7-10(8-9)12-11-2/h4,6-8H,3,5H2,1-2H3. The Morgan fingerprint density at radius 2 is 2.17 bits per heavy atom. The summed E-state index contributed by atoms with van der Waals surface area (Å²) in [5.74, 6) is 0.767. The highest BCUT2D eigenvalue weighted by Gasteiger charge is 1.95. The van der Waals surface area contributed by atoms with E-state index in [-0.39, 0.29) is 0 Å².